The van der Waals surface area contributed by atoms with Gasteiger partial charge < -0.3 is 0 Å². The Morgan fingerprint density at radius 2 is 2.08 bits per heavy atom. The maximum atomic E-state index is 12.9. The first kappa shape index (κ1) is 17.9. The molecule has 0 amide bonds. The van der Waals surface area contributed by atoms with Gasteiger partial charge in [-0.25, -0.2) is 9.97 Å². The molecular formula is C18H17N3OS4. The normalized spacial score (nSPS) is 11.5. The van der Waals surface area contributed by atoms with E-state index < -0.39 is 0 Å². The zero-order valence-corrected chi connectivity index (χ0v) is 17.7. The Morgan fingerprint density at radius 3 is 2.85 bits per heavy atom. The topological polar surface area (TPSA) is 47.8 Å². The van der Waals surface area contributed by atoms with Crippen molar-refractivity contribution in [2.24, 2.45) is 7.05 Å². The number of hydrogen-bond donors (Lipinski definition) is 0. The van der Waals surface area contributed by atoms with E-state index in [4.69, 9.17) is 4.98 Å². The largest absolute Gasteiger partial charge is 0.290 e. The minimum absolute atomic E-state index is 0.0205. The van der Waals surface area contributed by atoms with Gasteiger partial charge in [0.05, 0.1) is 16.1 Å². The summed E-state index contributed by atoms with van der Waals surface area (Å²) in [6, 6.07) is 4.05. The predicted octanol–water partition coefficient (Wildman–Crippen LogP) is 5.42. The molecule has 4 aromatic rings. The number of aromatic nitrogens is 3. The molecule has 134 valence electrons. The summed E-state index contributed by atoms with van der Waals surface area (Å²) in [4.78, 5) is 24.3. The van der Waals surface area contributed by atoms with Crippen LogP contribution in [0.25, 0.3) is 20.7 Å². The van der Waals surface area contributed by atoms with Gasteiger partial charge in [0.1, 0.15) is 4.83 Å². The van der Waals surface area contributed by atoms with Gasteiger partial charge in [0.25, 0.3) is 5.56 Å². The number of nitrogens with zero attached hydrogens (tertiary/aromatic N) is 3. The summed E-state index contributed by atoms with van der Waals surface area (Å²) < 4.78 is 1.66. The van der Waals surface area contributed by atoms with Crippen LogP contribution in [0.15, 0.2) is 38.2 Å². The second kappa shape index (κ2) is 7.64. The second-order valence-corrected chi connectivity index (χ2v) is 9.53. The molecule has 0 aliphatic carbocycles. The fourth-order valence-corrected chi connectivity index (χ4v) is 6.35. The van der Waals surface area contributed by atoms with Crippen molar-refractivity contribution in [3.8, 4) is 10.4 Å². The van der Waals surface area contributed by atoms with Crippen molar-refractivity contribution < 1.29 is 0 Å². The molecule has 0 N–H and O–H groups in total. The Morgan fingerprint density at radius 1 is 1.19 bits per heavy atom. The SMILES string of the molecule is CCCc1nc(CSc2nc3scc(-c4cccs4)c3c(=O)n2C)cs1. The van der Waals surface area contributed by atoms with Gasteiger partial charge in [0.15, 0.2) is 5.16 Å². The van der Waals surface area contributed by atoms with E-state index in [0.717, 1.165) is 50.1 Å². The highest BCUT2D eigenvalue weighted by Gasteiger charge is 2.16. The fraction of sp³-hybridized carbons (Fsp3) is 0.278. The minimum atomic E-state index is 0.0205. The Labute approximate surface area is 167 Å². The van der Waals surface area contributed by atoms with Gasteiger partial charge >= 0.3 is 0 Å². The zero-order chi connectivity index (χ0) is 18.1. The number of thioether (sulfide) groups is 1. The van der Waals surface area contributed by atoms with E-state index in [9.17, 15) is 4.79 Å². The molecule has 0 atom stereocenters. The lowest BCUT2D eigenvalue weighted by Crippen LogP contribution is -2.19. The monoisotopic (exact) mass is 419 g/mol. The summed E-state index contributed by atoms with van der Waals surface area (Å²) in [7, 11) is 1.80. The summed E-state index contributed by atoms with van der Waals surface area (Å²) in [5.41, 5.74) is 2.07. The van der Waals surface area contributed by atoms with Gasteiger partial charge in [-0.2, -0.15) is 0 Å². The number of thiazole rings is 1. The summed E-state index contributed by atoms with van der Waals surface area (Å²) in [5, 5.41) is 8.82. The van der Waals surface area contributed by atoms with Crippen molar-refractivity contribution in [2.45, 2.75) is 30.7 Å². The smallest absolute Gasteiger partial charge is 0.263 e. The van der Waals surface area contributed by atoms with Crippen LogP contribution in [0.2, 0.25) is 0 Å². The van der Waals surface area contributed by atoms with Crippen molar-refractivity contribution in [1.82, 2.24) is 14.5 Å². The van der Waals surface area contributed by atoms with Crippen LogP contribution in [0.1, 0.15) is 24.0 Å². The summed E-state index contributed by atoms with van der Waals surface area (Å²) >= 11 is 6.47. The third-order valence-electron chi connectivity index (χ3n) is 3.97. The number of fused-ring (bicyclic) bond motifs is 1. The summed E-state index contributed by atoms with van der Waals surface area (Å²) in [5.74, 6) is 0.731. The van der Waals surface area contributed by atoms with Crippen molar-refractivity contribution >= 4 is 56.0 Å². The van der Waals surface area contributed by atoms with Crippen molar-refractivity contribution in [1.29, 1.82) is 0 Å². The third-order valence-corrected chi connectivity index (χ3v) is 7.77. The Hall–Kier alpha value is -1.48. The van der Waals surface area contributed by atoms with E-state index in [1.54, 1.807) is 46.1 Å². The molecular weight excluding hydrogens is 402 g/mol. The van der Waals surface area contributed by atoms with Crippen molar-refractivity contribution in [2.75, 3.05) is 0 Å². The van der Waals surface area contributed by atoms with Crippen molar-refractivity contribution in [3.05, 3.63) is 49.3 Å². The molecule has 0 saturated heterocycles. The molecule has 8 heteroatoms. The average Bonchev–Trinajstić information content (AvgIpc) is 3.37. The molecule has 0 radical (unpaired) electrons. The summed E-state index contributed by atoms with van der Waals surface area (Å²) in [6.45, 7) is 2.16. The standard InChI is InChI=1S/C18H17N3OS4/c1-3-5-14-19-11(8-24-14)9-26-18-20-16-15(17(22)21(18)2)12(10-25-16)13-6-4-7-23-13/h4,6-8,10H,3,5,9H2,1-2H3. The molecule has 4 rings (SSSR count). The lowest BCUT2D eigenvalue weighted by Gasteiger charge is -2.06. The molecule has 0 unspecified atom stereocenters. The van der Waals surface area contributed by atoms with Gasteiger partial charge in [-0.3, -0.25) is 9.36 Å². The lowest BCUT2D eigenvalue weighted by molar-refractivity contribution is 0.728. The maximum absolute atomic E-state index is 12.9. The van der Waals surface area contributed by atoms with Crippen LogP contribution in [-0.4, -0.2) is 14.5 Å². The van der Waals surface area contributed by atoms with Gasteiger partial charge in [-0.1, -0.05) is 24.8 Å². The second-order valence-electron chi connectivity index (χ2n) is 5.84. The third kappa shape index (κ3) is 3.38. The molecule has 4 heterocycles. The van der Waals surface area contributed by atoms with E-state index in [2.05, 4.69) is 17.3 Å². The van der Waals surface area contributed by atoms with E-state index in [1.165, 1.54) is 16.3 Å². The molecule has 0 spiro atoms. The van der Waals surface area contributed by atoms with Crippen LogP contribution in [0.4, 0.5) is 0 Å². The highest BCUT2D eigenvalue weighted by atomic mass is 32.2. The van der Waals surface area contributed by atoms with E-state index in [1.807, 2.05) is 22.9 Å². The minimum Gasteiger partial charge on any atom is -0.290 e. The molecule has 0 aliphatic rings. The van der Waals surface area contributed by atoms with Crippen LogP contribution < -0.4 is 5.56 Å². The zero-order valence-electron chi connectivity index (χ0n) is 14.4. The van der Waals surface area contributed by atoms with Gasteiger partial charge in [0, 0.05) is 34.0 Å². The molecule has 26 heavy (non-hydrogen) atoms. The first-order chi connectivity index (χ1) is 12.7. The van der Waals surface area contributed by atoms with E-state index in [-0.39, 0.29) is 5.56 Å². The molecule has 0 aromatic carbocycles. The molecule has 0 aliphatic heterocycles. The van der Waals surface area contributed by atoms with Gasteiger partial charge in [-0.15, -0.1) is 34.0 Å². The van der Waals surface area contributed by atoms with Crippen LogP contribution >= 0.6 is 45.8 Å². The summed E-state index contributed by atoms with van der Waals surface area (Å²) in [6.07, 6.45) is 2.14. The van der Waals surface area contributed by atoms with Crippen molar-refractivity contribution in [3.63, 3.8) is 0 Å². The number of rotatable bonds is 6. The molecule has 4 aromatic heterocycles. The Bertz CT molecular complexity index is 1090. The van der Waals surface area contributed by atoms with Crippen LogP contribution in [-0.2, 0) is 19.2 Å². The average molecular weight is 420 g/mol. The fourth-order valence-electron chi connectivity index (χ4n) is 2.68. The highest BCUT2D eigenvalue weighted by molar-refractivity contribution is 7.98. The number of hydrogen-bond acceptors (Lipinski definition) is 7. The lowest BCUT2D eigenvalue weighted by atomic mass is 10.2. The Balaban J connectivity index is 1.64. The van der Waals surface area contributed by atoms with Crippen LogP contribution in [0.3, 0.4) is 0 Å². The maximum Gasteiger partial charge on any atom is 0.263 e. The first-order valence-corrected chi connectivity index (χ1v) is 11.9. The molecule has 4 nitrogen and oxygen atoms in total. The van der Waals surface area contributed by atoms with Gasteiger partial charge in [0.2, 0.25) is 0 Å². The molecule has 0 bridgehead atoms. The van der Waals surface area contributed by atoms with Gasteiger partial charge in [-0.05, 0) is 24.3 Å². The van der Waals surface area contributed by atoms with Crippen LogP contribution in [0.5, 0.6) is 0 Å². The quantitative estimate of drug-likeness (QED) is 0.309. The molecule has 0 fully saturated rings. The van der Waals surface area contributed by atoms with E-state index >= 15 is 0 Å². The number of aryl methyl sites for hydroxylation is 1. The first-order valence-electron chi connectivity index (χ1n) is 8.25. The number of thiophene rings is 2. The predicted molar refractivity (Wildman–Crippen MR) is 114 cm³/mol. The Kier molecular flexibility index (Phi) is 5.26. The van der Waals surface area contributed by atoms with E-state index in [0.29, 0.717) is 0 Å². The van der Waals surface area contributed by atoms with Crippen LogP contribution in [0, 0.1) is 0 Å². The molecule has 0 saturated carbocycles. The highest BCUT2D eigenvalue weighted by Crippen LogP contribution is 2.34.